The van der Waals surface area contributed by atoms with Gasteiger partial charge in [0.05, 0.1) is 6.54 Å². The standard InChI is InChI=1S/C15H21BrN2S/c1-10-12(16)6-5-7-13(10)18-14-17-9-11(19-14)8-15(2,3)4/h5-7,11H,8-9H2,1-4H3,(H,17,18). The Bertz CT molecular complexity index is 491. The number of nitrogens with zero attached hydrogens (tertiary/aromatic N) is 1. The van der Waals surface area contributed by atoms with E-state index in [0.717, 1.165) is 21.9 Å². The first-order valence-electron chi connectivity index (χ1n) is 6.58. The molecule has 0 saturated carbocycles. The van der Waals surface area contributed by atoms with Crippen molar-refractivity contribution in [3.8, 4) is 0 Å². The van der Waals surface area contributed by atoms with Crippen molar-refractivity contribution < 1.29 is 0 Å². The molecule has 1 atom stereocenters. The predicted molar refractivity (Wildman–Crippen MR) is 90.3 cm³/mol. The molecule has 1 aromatic rings. The third-order valence-electron chi connectivity index (χ3n) is 3.07. The van der Waals surface area contributed by atoms with E-state index in [1.807, 2.05) is 17.8 Å². The molecular formula is C15H21BrN2S. The molecule has 104 valence electrons. The van der Waals surface area contributed by atoms with Crippen LogP contribution in [0.2, 0.25) is 0 Å². The molecule has 1 aliphatic rings. The topological polar surface area (TPSA) is 24.4 Å². The lowest BCUT2D eigenvalue weighted by Gasteiger charge is -2.21. The van der Waals surface area contributed by atoms with Gasteiger partial charge in [0.25, 0.3) is 0 Å². The van der Waals surface area contributed by atoms with E-state index in [2.05, 4.69) is 66.1 Å². The van der Waals surface area contributed by atoms with Crippen molar-refractivity contribution in [2.45, 2.75) is 39.4 Å². The van der Waals surface area contributed by atoms with E-state index in [9.17, 15) is 0 Å². The lowest BCUT2D eigenvalue weighted by Crippen LogP contribution is -2.16. The highest BCUT2D eigenvalue weighted by Crippen LogP contribution is 2.33. The number of rotatable bonds is 2. The molecule has 0 aromatic heterocycles. The van der Waals surface area contributed by atoms with Gasteiger partial charge in [-0.3, -0.25) is 4.99 Å². The Morgan fingerprint density at radius 2 is 2.16 bits per heavy atom. The molecule has 1 aromatic carbocycles. The van der Waals surface area contributed by atoms with Crippen LogP contribution in [0, 0.1) is 12.3 Å². The van der Waals surface area contributed by atoms with Crippen LogP contribution in [0.15, 0.2) is 27.7 Å². The Morgan fingerprint density at radius 1 is 1.42 bits per heavy atom. The summed E-state index contributed by atoms with van der Waals surface area (Å²) in [6.07, 6.45) is 1.20. The van der Waals surface area contributed by atoms with Crippen LogP contribution in [0.1, 0.15) is 32.8 Å². The molecule has 1 aliphatic heterocycles. The number of amidine groups is 1. The molecule has 2 nitrogen and oxygen atoms in total. The summed E-state index contributed by atoms with van der Waals surface area (Å²) in [7, 11) is 0. The number of thioether (sulfide) groups is 1. The highest BCUT2D eigenvalue weighted by Gasteiger charge is 2.25. The van der Waals surface area contributed by atoms with Crippen molar-refractivity contribution in [2.75, 3.05) is 11.9 Å². The van der Waals surface area contributed by atoms with Crippen LogP contribution in [-0.4, -0.2) is 17.0 Å². The fourth-order valence-corrected chi connectivity index (χ4v) is 3.87. The van der Waals surface area contributed by atoms with Crippen LogP contribution >= 0.6 is 27.7 Å². The van der Waals surface area contributed by atoms with Crippen molar-refractivity contribution in [1.29, 1.82) is 0 Å². The minimum absolute atomic E-state index is 0.369. The highest BCUT2D eigenvalue weighted by molar-refractivity contribution is 9.10. The molecule has 0 radical (unpaired) electrons. The first-order chi connectivity index (χ1) is 8.85. The van der Waals surface area contributed by atoms with E-state index in [0.29, 0.717) is 10.7 Å². The van der Waals surface area contributed by atoms with Crippen LogP contribution in [0.25, 0.3) is 0 Å². The molecule has 0 spiro atoms. The first-order valence-corrected chi connectivity index (χ1v) is 8.26. The molecule has 0 saturated heterocycles. The summed E-state index contributed by atoms with van der Waals surface area (Å²) in [4.78, 5) is 4.62. The maximum atomic E-state index is 4.62. The van der Waals surface area contributed by atoms with Gasteiger partial charge in [-0.25, -0.2) is 0 Å². The normalized spacial score (nSPS) is 19.4. The number of aliphatic imine (C=N–C) groups is 1. The van der Waals surface area contributed by atoms with Gasteiger partial charge < -0.3 is 5.32 Å². The molecule has 1 heterocycles. The predicted octanol–water partition coefficient (Wildman–Crippen LogP) is 5.08. The second-order valence-electron chi connectivity index (χ2n) is 6.19. The SMILES string of the molecule is Cc1c(Br)cccc1NC1=NCC(CC(C)(C)C)S1. The zero-order valence-electron chi connectivity index (χ0n) is 12.0. The summed E-state index contributed by atoms with van der Waals surface area (Å²) >= 11 is 5.43. The lowest BCUT2D eigenvalue weighted by atomic mass is 9.90. The summed E-state index contributed by atoms with van der Waals surface area (Å²) in [6, 6.07) is 6.21. The minimum atomic E-state index is 0.369. The number of nitrogens with one attached hydrogen (secondary N) is 1. The van der Waals surface area contributed by atoms with Gasteiger partial charge >= 0.3 is 0 Å². The van der Waals surface area contributed by atoms with Gasteiger partial charge in [0.2, 0.25) is 0 Å². The van der Waals surface area contributed by atoms with Crippen LogP contribution in [0.5, 0.6) is 0 Å². The van der Waals surface area contributed by atoms with Gasteiger partial charge in [-0.05, 0) is 36.5 Å². The highest BCUT2D eigenvalue weighted by atomic mass is 79.9. The smallest absolute Gasteiger partial charge is 0.161 e. The summed E-state index contributed by atoms with van der Waals surface area (Å²) < 4.78 is 1.13. The lowest BCUT2D eigenvalue weighted by molar-refractivity contribution is 0.375. The van der Waals surface area contributed by atoms with Crippen LogP contribution in [0.4, 0.5) is 5.69 Å². The fourth-order valence-electron chi connectivity index (χ4n) is 2.13. The van der Waals surface area contributed by atoms with E-state index in [-0.39, 0.29) is 0 Å². The second-order valence-corrected chi connectivity index (χ2v) is 8.33. The average molecular weight is 341 g/mol. The van der Waals surface area contributed by atoms with Crippen LogP contribution in [-0.2, 0) is 0 Å². The summed E-state index contributed by atoms with van der Waals surface area (Å²) in [5.74, 6) is 0. The van der Waals surface area contributed by atoms with E-state index >= 15 is 0 Å². The average Bonchev–Trinajstić information content (AvgIpc) is 2.70. The van der Waals surface area contributed by atoms with Crippen LogP contribution < -0.4 is 5.32 Å². The van der Waals surface area contributed by atoms with E-state index < -0.39 is 0 Å². The molecule has 0 amide bonds. The van der Waals surface area contributed by atoms with E-state index in [1.165, 1.54) is 12.0 Å². The second kappa shape index (κ2) is 5.88. The molecular weight excluding hydrogens is 320 g/mol. The van der Waals surface area contributed by atoms with Crippen molar-refractivity contribution >= 4 is 38.5 Å². The molecule has 1 N–H and O–H groups in total. The monoisotopic (exact) mass is 340 g/mol. The Labute approximate surface area is 128 Å². The number of halogens is 1. The Morgan fingerprint density at radius 3 is 2.84 bits per heavy atom. The van der Waals surface area contributed by atoms with Gasteiger partial charge in [0.15, 0.2) is 5.17 Å². The van der Waals surface area contributed by atoms with Crippen LogP contribution in [0.3, 0.4) is 0 Å². The summed E-state index contributed by atoms with van der Waals surface area (Å²) in [5.41, 5.74) is 2.73. The van der Waals surface area contributed by atoms with Gasteiger partial charge in [0.1, 0.15) is 0 Å². The van der Waals surface area contributed by atoms with Gasteiger partial charge in [0, 0.05) is 15.4 Å². The number of anilines is 1. The third-order valence-corrected chi connectivity index (χ3v) is 5.03. The molecule has 4 heteroatoms. The van der Waals surface area contributed by atoms with Crippen molar-refractivity contribution in [1.82, 2.24) is 0 Å². The van der Waals surface area contributed by atoms with Gasteiger partial charge in [-0.15, -0.1) is 0 Å². The molecule has 0 fully saturated rings. The number of hydrogen-bond donors (Lipinski definition) is 1. The van der Waals surface area contributed by atoms with Crippen molar-refractivity contribution in [2.24, 2.45) is 10.4 Å². The molecule has 1 unspecified atom stereocenters. The minimum Gasteiger partial charge on any atom is -0.335 e. The Kier molecular flexibility index (Phi) is 4.62. The summed E-state index contributed by atoms with van der Waals surface area (Å²) in [6.45, 7) is 9.91. The molecule has 19 heavy (non-hydrogen) atoms. The van der Waals surface area contributed by atoms with E-state index in [4.69, 9.17) is 0 Å². The third kappa shape index (κ3) is 4.25. The van der Waals surface area contributed by atoms with Crippen molar-refractivity contribution in [3.63, 3.8) is 0 Å². The Balaban J connectivity index is 1.97. The van der Waals surface area contributed by atoms with Gasteiger partial charge in [-0.1, -0.05) is 54.5 Å². The molecule has 0 aliphatic carbocycles. The molecule has 2 rings (SSSR count). The number of benzene rings is 1. The molecule has 0 bridgehead atoms. The van der Waals surface area contributed by atoms with Gasteiger partial charge in [-0.2, -0.15) is 0 Å². The number of hydrogen-bond acceptors (Lipinski definition) is 3. The maximum absolute atomic E-state index is 4.62. The summed E-state index contributed by atoms with van der Waals surface area (Å²) in [5, 5.41) is 5.11. The Hall–Kier alpha value is -0.480. The first kappa shape index (κ1) is 14.9. The van der Waals surface area contributed by atoms with Crippen molar-refractivity contribution in [3.05, 3.63) is 28.2 Å². The zero-order valence-corrected chi connectivity index (χ0v) is 14.4. The maximum Gasteiger partial charge on any atom is 0.161 e. The zero-order chi connectivity index (χ0) is 14.0. The largest absolute Gasteiger partial charge is 0.335 e. The quantitative estimate of drug-likeness (QED) is 0.811. The van der Waals surface area contributed by atoms with E-state index in [1.54, 1.807) is 0 Å². The fraction of sp³-hybridized carbons (Fsp3) is 0.533.